The zero-order valence-corrected chi connectivity index (χ0v) is 13.8. The van der Waals surface area contributed by atoms with Crippen LogP contribution in [0.1, 0.15) is 16.7 Å². The normalized spacial score (nSPS) is 11.4. The van der Waals surface area contributed by atoms with Crippen LogP contribution in [0.2, 0.25) is 0 Å². The number of aryl methyl sites for hydroxylation is 3. The van der Waals surface area contributed by atoms with E-state index in [9.17, 15) is 8.42 Å². The lowest BCUT2D eigenvalue weighted by Crippen LogP contribution is -2.16. The summed E-state index contributed by atoms with van der Waals surface area (Å²) in [6, 6.07) is 7.03. The molecule has 2 rings (SSSR count). The maximum absolute atomic E-state index is 12.5. The maximum Gasteiger partial charge on any atom is 0.263 e. The van der Waals surface area contributed by atoms with Crippen LogP contribution in [0.3, 0.4) is 0 Å². The molecule has 0 bridgehead atoms. The fourth-order valence-electron chi connectivity index (χ4n) is 1.82. The number of halogens is 1. The Labute approximate surface area is 127 Å². The molecule has 0 saturated heterocycles. The molecule has 106 valence electrons. The Hall–Kier alpha value is -1.40. The first-order valence-electron chi connectivity index (χ1n) is 6.02. The fraction of sp³-hybridized carbons (Fsp3) is 0.214. The average Bonchev–Trinajstić information content (AvgIpc) is 2.36. The van der Waals surface area contributed by atoms with Crippen LogP contribution in [0.25, 0.3) is 0 Å². The smallest absolute Gasteiger partial charge is 0.263 e. The molecule has 20 heavy (non-hydrogen) atoms. The monoisotopic (exact) mass is 354 g/mol. The minimum Gasteiger partial charge on any atom is -0.263 e. The Morgan fingerprint density at radius 2 is 1.80 bits per heavy atom. The molecule has 2 aromatic rings. The van der Waals surface area contributed by atoms with Gasteiger partial charge in [-0.05, 0) is 55.7 Å². The molecule has 1 N–H and O–H groups in total. The Morgan fingerprint density at radius 1 is 1.10 bits per heavy atom. The van der Waals surface area contributed by atoms with Gasteiger partial charge in [-0.25, -0.2) is 13.4 Å². The predicted octanol–water partition coefficient (Wildman–Crippen LogP) is 3.57. The van der Waals surface area contributed by atoms with Gasteiger partial charge in [-0.1, -0.05) is 22.0 Å². The molecule has 6 heteroatoms. The highest BCUT2D eigenvalue weighted by atomic mass is 79.9. The summed E-state index contributed by atoms with van der Waals surface area (Å²) >= 11 is 3.40. The summed E-state index contributed by atoms with van der Waals surface area (Å²) in [5.41, 5.74) is 2.33. The van der Waals surface area contributed by atoms with Gasteiger partial charge in [0.1, 0.15) is 5.82 Å². The van der Waals surface area contributed by atoms with Gasteiger partial charge in [0.25, 0.3) is 10.0 Å². The molecule has 0 saturated carbocycles. The van der Waals surface area contributed by atoms with E-state index < -0.39 is 10.0 Å². The standard InChI is InChI=1S/C14H15BrN2O2S/c1-9-5-4-6-16-14(9)17-20(18,19)13-8-10(2)12(15)7-11(13)3/h4-8H,1-3H3,(H,16,17). The van der Waals surface area contributed by atoms with Gasteiger partial charge < -0.3 is 0 Å². The van der Waals surface area contributed by atoms with Crippen molar-refractivity contribution in [1.29, 1.82) is 0 Å². The lowest BCUT2D eigenvalue weighted by Gasteiger charge is -2.12. The lowest BCUT2D eigenvalue weighted by molar-refractivity contribution is 0.600. The molecule has 1 aromatic heterocycles. The first-order chi connectivity index (χ1) is 9.31. The third kappa shape index (κ3) is 3.02. The van der Waals surface area contributed by atoms with E-state index in [1.165, 1.54) is 0 Å². The number of hydrogen-bond acceptors (Lipinski definition) is 3. The minimum atomic E-state index is -3.64. The van der Waals surface area contributed by atoms with Crippen LogP contribution in [0.4, 0.5) is 5.82 Å². The lowest BCUT2D eigenvalue weighted by atomic mass is 10.2. The Kier molecular flexibility index (Phi) is 4.15. The third-order valence-corrected chi connectivity index (χ3v) is 5.32. The van der Waals surface area contributed by atoms with Gasteiger partial charge >= 0.3 is 0 Å². The SMILES string of the molecule is Cc1cc(S(=O)(=O)Nc2ncccc2C)c(C)cc1Br. The summed E-state index contributed by atoms with van der Waals surface area (Å²) in [4.78, 5) is 4.33. The van der Waals surface area contributed by atoms with Crippen LogP contribution in [0.5, 0.6) is 0 Å². The second kappa shape index (κ2) is 5.54. The number of aromatic nitrogens is 1. The van der Waals surface area contributed by atoms with Crippen molar-refractivity contribution >= 4 is 31.8 Å². The Bertz CT molecular complexity index is 758. The van der Waals surface area contributed by atoms with E-state index in [2.05, 4.69) is 25.6 Å². The fourth-order valence-corrected chi connectivity index (χ4v) is 3.67. The summed E-state index contributed by atoms with van der Waals surface area (Å²) in [5, 5.41) is 0. The van der Waals surface area contributed by atoms with Crippen molar-refractivity contribution in [1.82, 2.24) is 4.98 Å². The number of hydrogen-bond donors (Lipinski definition) is 1. The molecule has 0 unspecified atom stereocenters. The number of anilines is 1. The van der Waals surface area contributed by atoms with Gasteiger partial charge in [0.15, 0.2) is 0 Å². The van der Waals surface area contributed by atoms with Crippen molar-refractivity contribution in [2.24, 2.45) is 0 Å². The first kappa shape index (κ1) is 15.0. The molecule has 0 aliphatic rings. The van der Waals surface area contributed by atoms with E-state index in [1.54, 1.807) is 31.3 Å². The maximum atomic E-state index is 12.5. The van der Waals surface area contributed by atoms with Crippen LogP contribution in [-0.4, -0.2) is 13.4 Å². The summed E-state index contributed by atoms with van der Waals surface area (Å²) in [6.07, 6.45) is 1.56. The van der Waals surface area contributed by atoms with Gasteiger partial charge in [-0.3, -0.25) is 4.72 Å². The molecular weight excluding hydrogens is 340 g/mol. The van der Waals surface area contributed by atoms with Gasteiger partial charge in [0.05, 0.1) is 4.90 Å². The highest BCUT2D eigenvalue weighted by molar-refractivity contribution is 9.10. The van der Waals surface area contributed by atoms with Crippen molar-refractivity contribution in [2.45, 2.75) is 25.7 Å². The number of pyridine rings is 1. The van der Waals surface area contributed by atoms with E-state index in [0.717, 1.165) is 15.6 Å². The minimum absolute atomic E-state index is 0.267. The second-order valence-electron chi connectivity index (χ2n) is 4.64. The van der Waals surface area contributed by atoms with E-state index in [4.69, 9.17) is 0 Å². The molecule has 0 aliphatic carbocycles. The third-order valence-electron chi connectivity index (χ3n) is 2.99. The van der Waals surface area contributed by atoms with Crippen LogP contribution in [0.15, 0.2) is 39.8 Å². The molecule has 0 fully saturated rings. The van der Waals surface area contributed by atoms with E-state index >= 15 is 0 Å². The average molecular weight is 355 g/mol. The van der Waals surface area contributed by atoms with Gasteiger partial charge in [0.2, 0.25) is 0 Å². The molecule has 1 heterocycles. The largest absolute Gasteiger partial charge is 0.263 e. The number of benzene rings is 1. The topological polar surface area (TPSA) is 59.1 Å². The number of nitrogens with zero attached hydrogens (tertiary/aromatic N) is 1. The molecule has 0 atom stereocenters. The van der Waals surface area contributed by atoms with Crippen molar-refractivity contribution in [2.75, 3.05) is 4.72 Å². The van der Waals surface area contributed by atoms with Crippen molar-refractivity contribution < 1.29 is 8.42 Å². The molecule has 0 aliphatic heterocycles. The number of nitrogens with one attached hydrogen (secondary N) is 1. The Morgan fingerprint density at radius 3 is 2.45 bits per heavy atom. The first-order valence-corrected chi connectivity index (χ1v) is 8.30. The number of sulfonamides is 1. The van der Waals surface area contributed by atoms with E-state index in [1.807, 2.05) is 19.9 Å². The zero-order chi connectivity index (χ0) is 14.9. The highest BCUT2D eigenvalue weighted by Gasteiger charge is 2.19. The molecule has 1 aromatic carbocycles. The van der Waals surface area contributed by atoms with Crippen LogP contribution in [-0.2, 0) is 10.0 Å². The second-order valence-corrected chi connectivity index (χ2v) is 7.15. The van der Waals surface area contributed by atoms with Gasteiger partial charge in [0, 0.05) is 10.7 Å². The summed E-state index contributed by atoms with van der Waals surface area (Å²) < 4.78 is 28.4. The summed E-state index contributed by atoms with van der Waals surface area (Å²) in [5.74, 6) is 0.354. The molecule has 0 radical (unpaired) electrons. The van der Waals surface area contributed by atoms with Crippen LogP contribution >= 0.6 is 15.9 Å². The van der Waals surface area contributed by atoms with E-state index in [-0.39, 0.29) is 4.90 Å². The van der Waals surface area contributed by atoms with Crippen molar-refractivity contribution in [3.05, 3.63) is 51.6 Å². The van der Waals surface area contributed by atoms with Gasteiger partial charge in [-0.2, -0.15) is 0 Å². The highest BCUT2D eigenvalue weighted by Crippen LogP contribution is 2.26. The quantitative estimate of drug-likeness (QED) is 0.916. The molecular formula is C14H15BrN2O2S. The van der Waals surface area contributed by atoms with Gasteiger partial charge in [-0.15, -0.1) is 0 Å². The number of rotatable bonds is 3. The van der Waals surface area contributed by atoms with Crippen molar-refractivity contribution in [3.8, 4) is 0 Å². The predicted molar refractivity (Wildman–Crippen MR) is 83.4 cm³/mol. The molecule has 0 amide bonds. The van der Waals surface area contributed by atoms with Crippen molar-refractivity contribution in [3.63, 3.8) is 0 Å². The molecule has 4 nitrogen and oxygen atoms in total. The zero-order valence-electron chi connectivity index (χ0n) is 11.4. The van der Waals surface area contributed by atoms with Crippen LogP contribution < -0.4 is 4.72 Å². The Balaban J connectivity index is 2.47. The molecule has 0 spiro atoms. The van der Waals surface area contributed by atoms with E-state index in [0.29, 0.717) is 11.4 Å². The van der Waals surface area contributed by atoms with Crippen LogP contribution in [0, 0.1) is 20.8 Å². The summed E-state index contributed by atoms with van der Waals surface area (Å²) in [7, 11) is -3.64. The summed E-state index contributed by atoms with van der Waals surface area (Å²) in [6.45, 7) is 5.43.